The van der Waals surface area contributed by atoms with Crippen molar-refractivity contribution in [2.75, 3.05) is 0 Å². The third-order valence-corrected chi connectivity index (χ3v) is 5.52. The first kappa shape index (κ1) is 22.0. The van der Waals surface area contributed by atoms with E-state index in [1.807, 2.05) is 16.8 Å². The van der Waals surface area contributed by atoms with Crippen LogP contribution in [-0.2, 0) is 9.61 Å². The molecule has 0 radical (unpaired) electrons. The monoisotopic (exact) mass is 557 g/mol. The van der Waals surface area contributed by atoms with E-state index in [1.165, 1.54) is 35.1 Å². The Morgan fingerprint density at radius 3 is 2.47 bits per heavy atom. The van der Waals surface area contributed by atoms with Crippen LogP contribution >= 0.6 is 34.6 Å². The third kappa shape index (κ3) is 4.66. The van der Waals surface area contributed by atoms with Gasteiger partial charge < -0.3 is 7.63 Å². The lowest BCUT2D eigenvalue weighted by Gasteiger charge is -2.05. The minimum atomic E-state index is -0.452. The summed E-state index contributed by atoms with van der Waals surface area (Å²) >= 11 is 7.66. The highest BCUT2D eigenvalue weighted by Crippen LogP contribution is 2.27. The van der Waals surface area contributed by atoms with Gasteiger partial charge in [0.2, 0.25) is 0 Å². The fourth-order valence-corrected chi connectivity index (χ4v) is 3.75. The second-order valence-electron chi connectivity index (χ2n) is 6.96. The minimum absolute atomic E-state index is 0.299. The number of nitriles is 1. The molecule has 0 aliphatic heterocycles. The number of hydrogen-bond donors (Lipinski definition) is 0. The Morgan fingerprint density at radius 2 is 1.81 bits per heavy atom. The lowest BCUT2D eigenvalue weighted by atomic mass is 10.0. The molecule has 0 aliphatic carbocycles. The molecule has 0 aliphatic rings. The molecule has 2 aromatic heterocycles. The molecule has 158 valence electrons. The molecule has 0 saturated heterocycles. The van der Waals surface area contributed by atoms with Crippen LogP contribution in [0.3, 0.4) is 0 Å². The number of halogens is 3. The van der Waals surface area contributed by atoms with E-state index in [4.69, 9.17) is 11.6 Å². The van der Waals surface area contributed by atoms with E-state index in [1.54, 1.807) is 48.5 Å². The lowest BCUT2D eigenvalue weighted by molar-refractivity contribution is 0.0800. The third-order valence-electron chi connectivity index (χ3n) is 4.91. The smallest absolute Gasteiger partial charge is 0.347 e. The van der Waals surface area contributed by atoms with Gasteiger partial charge in [-0.25, -0.2) is 14.2 Å². The second-order valence-corrected chi connectivity index (χ2v) is 7.78. The normalized spacial score (nSPS) is 11.4. The second kappa shape index (κ2) is 9.51. The molecule has 8 heteroatoms. The van der Waals surface area contributed by atoms with Gasteiger partial charge in [0.05, 0.1) is 17.2 Å². The Bertz CT molecular complexity index is 1370. The van der Waals surface area contributed by atoms with Gasteiger partial charge in [0.25, 0.3) is 0 Å². The first-order chi connectivity index (χ1) is 15.5. The number of carbonyl (C=O) groups is 1. The largest absolute Gasteiger partial charge is 0.391 e. The summed E-state index contributed by atoms with van der Waals surface area (Å²) in [7, 11) is 0. The molecular formula is C24H14ClFIN3O2. The summed E-state index contributed by atoms with van der Waals surface area (Å²) in [6.45, 7) is 0.465. The van der Waals surface area contributed by atoms with Crippen LogP contribution < -0.4 is 0 Å². The quantitative estimate of drug-likeness (QED) is 0.161. The molecule has 4 rings (SSSR count). The van der Waals surface area contributed by atoms with Gasteiger partial charge in [0, 0.05) is 23.7 Å². The summed E-state index contributed by atoms with van der Waals surface area (Å²) in [5, 5.41) is 10.9. The van der Waals surface area contributed by atoms with Gasteiger partial charge in [-0.05, 0) is 53.6 Å². The van der Waals surface area contributed by atoms with Crippen LogP contribution in [-0.4, -0.2) is 15.5 Å². The Balaban J connectivity index is 1.76. The highest BCUT2D eigenvalue weighted by Gasteiger charge is 2.12. The Hall–Kier alpha value is -3.22. The van der Waals surface area contributed by atoms with Crippen molar-refractivity contribution in [1.82, 2.24) is 9.55 Å². The standard InChI is InChI=1S/C24H14ClFIN3O2/c25-22-10-9-21-19(11-18(12-28)16-3-5-17(6-4-16)24(31)32-27)14-30(23(21)29-22)13-15-1-7-20(26)8-2-15/h1-11,14H,13H2/b18-11+. The number of carbonyl (C=O) groups excluding carboxylic acids is 1. The van der Waals surface area contributed by atoms with Crippen LogP contribution in [0, 0.1) is 17.1 Å². The van der Waals surface area contributed by atoms with E-state index in [0.29, 0.717) is 34.0 Å². The first-order valence-electron chi connectivity index (χ1n) is 9.43. The number of nitrogens with zero attached hydrogens (tertiary/aromatic N) is 3. The van der Waals surface area contributed by atoms with Gasteiger partial charge >= 0.3 is 5.97 Å². The summed E-state index contributed by atoms with van der Waals surface area (Å²) in [5.74, 6) is -0.751. The maximum atomic E-state index is 13.3. The molecule has 32 heavy (non-hydrogen) atoms. The van der Waals surface area contributed by atoms with Crippen LogP contribution in [0.2, 0.25) is 5.15 Å². The van der Waals surface area contributed by atoms with Crippen LogP contribution in [0.4, 0.5) is 4.39 Å². The van der Waals surface area contributed by atoms with Gasteiger partial charge in [-0.3, -0.25) is 0 Å². The van der Waals surface area contributed by atoms with Crippen molar-refractivity contribution < 1.29 is 12.3 Å². The predicted molar refractivity (Wildman–Crippen MR) is 130 cm³/mol. The molecule has 0 unspecified atom stereocenters. The summed E-state index contributed by atoms with van der Waals surface area (Å²) < 4.78 is 19.9. The summed E-state index contributed by atoms with van der Waals surface area (Å²) in [6, 6.07) is 18.6. The van der Waals surface area contributed by atoms with Gasteiger partial charge in [0.15, 0.2) is 23.0 Å². The van der Waals surface area contributed by atoms with Crippen molar-refractivity contribution in [3.05, 3.63) is 100 Å². The summed E-state index contributed by atoms with van der Waals surface area (Å²) in [4.78, 5) is 16.1. The molecule has 0 spiro atoms. The maximum Gasteiger partial charge on any atom is 0.347 e. The Labute approximate surface area is 202 Å². The molecule has 5 nitrogen and oxygen atoms in total. The SMILES string of the molecule is N#C/C(=C\c1cn(Cc2ccc(F)cc2)c2nc(Cl)ccc12)c1ccc(C(=O)OI)cc1. The van der Waals surface area contributed by atoms with E-state index in [2.05, 4.69) is 14.1 Å². The minimum Gasteiger partial charge on any atom is -0.391 e. The zero-order valence-corrected chi connectivity index (χ0v) is 19.3. The number of benzene rings is 2. The average Bonchev–Trinajstić information content (AvgIpc) is 3.14. The molecule has 2 aromatic carbocycles. The van der Waals surface area contributed by atoms with Gasteiger partial charge in [-0.2, -0.15) is 5.26 Å². The molecule has 0 atom stereocenters. The van der Waals surface area contributed by atoms with Gasteiger partial charge in [0.1, 0.15) is 16.6 Å². The molecule has 2 heterocycles. The van der Waals surface area contributed by atoms with E-state index in [-0.39, 0.29) is 5.82 Å². The van der Waals surface area contributed by atoms with Gasteiger partial charge in [-0.1, -0.05) is 35.9 Å². The van der Waals surface area contributed by atoms with E-state index >= 15 is 0 Å². The van der Waals surface area contributed by atoms with Crippen LogP contribution in [0.1, 0.15) is 27.0 Å². The first-order valence-corrected chi connectivity index (χ1v) is 10.7. The van der Waals surface area contributed by atoms with Crippen molar-refractivity contribution in [2.24, 2.45) is 0 Å². The topological polar surface area (TPSA) is 67.9 Å². The van der Waals surface area contributed by atoms with Crippen molar-refractivity contribution in [1.29, 1.82) is 5.26 Å². The lowest BCUT2D eigenvalue weighted by Crippen LogP contribution is -1.99. The molecule has 0 fully saturated rings. The Morgan fingerprint density at radius 1 is 1.12 bits per heavy atom. The maximum absolute atomic E-state index is 13.3. The number of aromatic nitrogens is 2. The van der Waals surface area contributed by atoms with E-state index < -0.39 is 5.97 Å². The number of pyridine rings is 1. The number of hydrogen-bond acceptors (Lipinski definition) is 4. The number of allylic oxidation sites excluding steroid dienone is 1. The zero-order valence-electron chi connectivity index (χ0n) is 16.4. The fraction of sp³-hybridized carbons (Fsp3) is 0.0417. The number of fused-ring (bicyclic) bond motifs is 1. The van der Waals surface area contributed by atoms with Crippen molar-refractivity contribution >= 4 is 63.3 Å². The Kier molecular flexibility index (Phi) is 6.53. The molecule has 4 aromatic rings. The molecule has 0 amide bonds. The molecule has 0 saturated carbocycles. The van der Waals surface area contributed by atoms with Crippen LogP contribution in [0.5, 0.6) is 0 Å². The highest BCUT2D eigenvalue weighted by molar-refractivity contribution is 14.1. The van der Waals surface area contributed by atoms with Crippen molar-refractivity contribution in [3.63, 3.8) is 0 Å². The molecular weight excluding hydrogens is 544 g/mol. The van der Waals surface area contributed by atoms with E-state index in [0.717, 1.165) is 16.5 Å². The fourth-order valence-electron chi connectivity index (χ4n) is 3.36. The number of rotatable bonds is 5. The molecule has 0 N–H and O–H groups in total. The summed E-state index contributed by atoms with van der Waals surface area (Å²) in [5.41, 5.74) is 3.84. The van der Waals surface area contributed by atoms with Crippen LogP contribution in [0.15, 0.2) is 66.9 Å². The van der Waals surface area contributed by atoms with E-state index in [9.17, 15) is 14.4 Å². The predicted octanol–water partition coefficient (Wildman–Crippen LogP) is 6.45. The highest BCUT2D eigenvalue weighted by atomic mass is 127. The van der Waals surface area contributed by atoms with Crippen molar-refractivity contribution in [2.45, 2.75) is 6.54 Å². The van der Waals surface area contributed by atoms with Crippen molar-refractivity contribution in [3.8, 4) is 6.07 Å². The van der Waals surface area contributed by atoms with Gasteiger partial charge in [-0.15, -0.1) is 0 Å². The zero-order chi connectivity index (χ0) is 22.7. The molecule has 0 bridgehead atoms. The summed E-state index contributed by atoms with van der Waals surface area (Å²) in [6.07, 6.45) is 3.65. The van der Waals surface area contributed by atoms with Crippen LogP contribution in [0.25, 0.3) is 22.7 Å². The average molecular weight is 558 g/mol.